The van der Waals surface area contributed by atoms with Gasteiger partial charge in [0.15, 0.2) is 0 Å². The summed E-state index contributed by atoms with van der Waals surface area (Å²) >= 11 is 0. The predicted molar refractivity (Wildman–Crippen MR) is 129 cm³/mol. The van der Waals surface area contributed by atoms with Gasteiger partial charge in [0.25, 0.3) is 5.56 Å². The minimum atomic E-state index is -0.804. The maximum Gasteiger partial charge on any atom is 0.335 e. The van der Waals surface area contributed by atoms with Crippen LogP contribution in [0.25, 0.3) is 16.6 Å². The lowest BCUT2D eigenvalue weighted by Crippen LogP contribution is -2.43. The predicted octanol–water partition coefficient (Wildman–Crippen LogP) is 2.61. The van der Waals surface area contributed by atoms with Crippen LogP contribution >= 0.6 is 0 Å². The monoisotopic (exact) mass is 463 g/mol. The summed E-state index contributed by atoms with van der Waals surface area (Å²) in [6.45, 7) is 1.37. The lowest BCUT2D eigenvalue weighted by atomic mass is 9.97. The van der Waals surface area contributed by atoms with Crippen molar-refractivity contribution >= 4 is 22.8 Å². The molecule has 8 nitrogen and oxygen atoms in total. The third-order valence-electron chi connectivity index (χ3n) is 6.31. The number of aryl methyl sites for hydroxylation is 1. The van der Waals surface area contributed by atoms with Crippen molar-refractivity contribution in [3.63, 3.8) is 0 Å². The normalized spacial score (nSPS) is 15.1. The lowest BCUT2D eigenvalue weighted by molar-refractivity contribution is -0.154. The number of fused-ring (bicyclic) bond motifs is 1. The van der Waals surface area contributed by atoms with Crippen molar-refractivity contribution in [3.05, 3.63) is 74.9 Å². The molecule has 0 saturated heterocycles. The highest BCUT2D eigenvalue weighted by molar-refractivity contribution is 5.83. The van der Waals surface area contributed by atoms with Gasteiger partial charge in [0.1, 0.15) is 12.1 Å². The second-order valence-corrected chi connectivity index (χ2v) is 8.82. The summed E-state index contributed by atoms with van der Waals surface area (Å²) in [6.07, 6.45) is 5.08. The average Bonchev–Trinajstić information content (AvgIpc) is 2.84. The van der Waals surface area contributed by atoms with Crippen LogP contribution in [0.3, 0.4) is 0 Å². The average molecular weight is 464 g/mol. The van der Waals surface area contributed by atoms with Crippen molar-refractivity contribution in [1.82, 2.24) is 14.5 Å². The van der Waals surface area contributed by atoms with E-state index in [2.05, 4.69) is 5.32 Å². The van der Waals surface area contributed by atoms with Crippen LogP contribution < -0.4 is 16.6 Å². The van der Waals surface area contributed by atoms with Crippen LogP contribution in [0.1, 0.15) is 44.6 Å². The smallest absolute Gasteiger partial charge is 0.335 e. The minimum Gasteiger partial charge on any atom is -0.461 e. The van der Waals surface area contributed by atoms with E-state index in [-0.39, 0.29) is 18.4 Å². The fourth-order valence-electron chi connectivity index (χ4n) is 4.52. The number of carbonyl (C=O) groups is 2. The molecular formula is C26H29N3O5. The van der Waals surface area contributed by atoms with Crippen molar-refractivity contribution in [2.75, 3.05) is 0 Å². The zero-order valence-corrected chi connectivity index (χ0v) is 19.5. The van der Waals surface area contributed by atoms with E-state index in [1.807, 2.05) is 0 Å². The van der Waals surface area contributed by atoms with E-state index in [0.29, 0.717) is 16.6 Å². The van der Waals surface area contributed by atoms with Crippen LogP contribution in [-0.4, -0.2) is 33.2 Å². The topological polar surface area (TPSA) is 99.4 Å². The number of rotatable bonds is 6. The summed E-state index contributed by atoms with van der Waals surface area (Å²) in [6, 6.07) is 13.0. The molecule has 1 heterocycles. The highest BCUT2D eigenvalue weighted by Crippen LogP contribution is 2.21. The molecule has 0 radical (unpaired) electrons. The number of ether oxygens (including phenoxy) is 1. The van der Waals surface area contributed by atoms with Crippen LogP contribution in [-0.2, 0) is 27.8 Å². The molecule has 1 saturated carbocycles. The fourth-order valence-corrected chi connectivity index (χ4v) is 4.52. The number of benzene rings is 2. The Morgan fingerprint density at radius 2 is 1.71 bits per heavy atom. The molecule has 1 fully saturated rings. The van der Waals surface area contributed by atoms with Gasteiger partial charge in [-0.3, -0.25) is 14.2 Å². The second-order valence-electron chi connectivity index (χ2n) is 8.82. The van der Waals surface area contributed by atoms with Gasteiger partial charge in [-0.1, -0.05) is 30.7 Å². The Labute approximate surface area is 197 Å². The van der Waals surface area contributed by atoms with Gasteiger partial charge in [0.2, 0.25) is 5.91 Å². The van der Waals surface area contributed by atoms with E-state index >= 15 is 0 Å². The van der Waals surface area contributed by atoms with Crippen molar-refractivity contribution in [1.29, 1.82) is 0 Å². The van der Waals surface area contributed by atoms with E-state index in [4.69, 9.17) is 4.74 Å². The summed E-state index contributed by atoms with van der Waals surface area (Å²) in [5.74, 6) is -0.751. The SMILES string of the molecule is CC(=O)N[C@@H](Cc1ccc(-n2c(=O)c3ccccc3n(C)c2=O)cc1)C(=O)OC1CCCCC1. The quantitative estimate of drug-likeness (QED) is 0.567. The Bertz CT molecular complexity index is 1320. The second kappa shape index (κ2) is 10.1. The van der Waals surface area contributed by atoms with Gasteiger partial charge >= 0.3 is 11.7 Å². The standard InChI is InChI=1S/C26H29N3O5/c1-17(30)27-22(25(32)34-20-8-4-3-5-9-20)16-18-12-14-19(15-13-18)29-24(31)21-10-6-7-11-23(21)28(2)26(29)33/h6-7,10-15,20,22H,3-5,8-9,16H2,1-2H3,(H,27,30)/t22-/m0/s1. The van der Waals surface area contributed by atoms with Crippen molar-refractivity contribution in [2.45, 2.75) is 57.6 Å². The molecule has 1 aromatic heterocycles. The Morgan fingerprint density at radius 1 is 1.03 bits per heavy atom. The fraction of sp³-hybridized carbons (Fsp3) is 0.385. The van der Waals surface area contributed by atoms with Gasteiger partial charge in [-0.2, -0.15) is 0 Å². The van der Waals surface area contributed by atoms with E-state index < -0.39 is 23.3 Å². The van der Waals surface area contributed by atoms with E-state index in [0.717, 1.165) is 42.2 Å². The summed E-state index contributed by atoms with van der Waals surface area (Å²) in [5, 5.41) is 3.14. The Morgan fingerprint density at radius 3 is 2.38 bits per heavy atom. The van der Waals surface area contributed by atoms with Gasteiger partial charge in [0.05, 0.1) is 16.6 Å². The number of nitrogens with one attached hydrogen (secondary N) is 1. The number of hydrogen-bond acceptors (Lipinski definition) is 5. The molecule has 8 heteroatoms. The number of esters is 1. The molecule has 2 aromatic carbocycles. The summed E-state index contributed by atoms with van der Waals surface area (Å²) in [4.78, 5) is 50.4. The molecule has 1 amide bonds. The first-order valence-corrected chi connectivity index (χ1v) is 11.6. The maximum absolute atomic E-state index is 13.0. The van der Waals surface area contributed by atoms with Gasteiger partial charge in [-0.25, -0.2) is 14.2 Å². The Hall–Kier alpha value is -3.68. The number of aromatic nitrogens is 2. The van der Waals surface area contributed by atoms with Crippen LogP contribution in [0.2, 0.25) is 0 Å². The highest BCUT2D eigenvalue weighted by atomic mass is 16.5. The number of hydrogen-bond donors (Lipinski definition) is 1. The first-order valence-electron chi connectivity index (χ1n) is 11.6. The number of para-hydroxylation sites is 1. The molecule has 1 N–H and O–H groups in total. The van der Waals surface area contributed by atoms with Crippen molar-refractivity contribution < 1.29 is 14.3 Å². The molecule has 1 aliphatic carbocycles. The molecule has 0 bridgehead atoms. The van der Waals surface area contributed by atoms with Crippen LogP contribution in [0.5, 0.6) is 0 Å². The third-order valence-corrected chi connectivity index (χ3v) is 6.31. The molecule has 0 aliphatic heterocycles. The summed E-state index contributed by atoms with van der Waals surface area (Å²) < 4.78 is 8.24. The molecule has 1 aliphatic rings. The molecular weight excluding hydrogens is 434 g/mol. The summed E-state index contributed by atoms with van der Waals surface area (Å²) in [5.41, 5.74) is 0.942. The number of carbonyl (C=O) groups excluding carboxylic acids is 2. The number of amides is 1. The third kappa shape index (κ3) is 4.95. The van der Waals surface area contributed by atoms with E-state index in [1.165, 1.54) is 11.5 Å². The van der Waals surface area contributed by atoms with Crippen molar-refractivity contribution in [2.24, 2.45) is 7.05 Å². The maximum atomic E-state index is 13.0. The molecule has 4 rings (SSSR count). The van der Waals surface area contributed by atoms with Crippen molar-refractivity contribution in [3.8, 4) is 5.69 Å². The molecule has 1 atom stereocenters. The molecule has 0 unspecified atom stereocenters. The van der Waals surface area contributed by atoms with Crippen LogP contribution in [0.15, 0.2) is 58.1 Å². The molecule has 0 spiro atoms. The molecule has 3 aromatic rings. The largest absolute Gasteiger partial charge is 0.461 e. The zero-order valence-electron chi connectivity index (χ0n) is 19.5. The Balaban J connectivity index is 1.58. The van der Waals surface area contributed by atoms with Gasteiger partial charge in [-0.15, -0.1) is 0 Å². The lowest BCUT2D eigenvalue weighted by Gasteiger charge is -2.25. The molecule has 178 valence electrons. The minimum absolute atomic E-state index is 0.101. The first-order chi connectivity index (χ1) is 16.3. The van der Waals surface area contributed by atoms with Crippen LogP contribution in [0.4, 0.5) is 0 Å². The van der Waals surface area contributed by atoms with E-state index in [1.54, 1.807) is 55.6 Å². The Kier molecular flexibility index (Phi) is 6.95. The number of nitrogens with zero attached hydrogens (tertiary/aromatic N) is 2. The van der Waals surface area contributed by atoms with Gasteiger partial charge < -0.3 is 10.1 Å². The van der Waals surface area contributed by atoms with Crippen LogP contribution in [0, 0.1) is 0 Å². The zero-order chi connectivity index (χ0) is 24.2. The van der Waals surface area contributed by atoms with Gasteiger partial charge in [0, 0.05) is 20.4 Å². The van der Waals surface area contributed by atoms with E-state index in [9.17, 15) is 19.2 Å². The molecule has 34 heavy (non-hydrogen) atoms. The first kappa shape index (κ1) is 23.5. The highest BCUT2D eigenvalue weighted by Gasteiger charge is 2.26. The summed E-state index contributed by atoms with van der Waals surface area (Å²) in [7, 11) is 1.63. The van der Waals surface area contributed by atoms with Gasteiger partial charge in [-0.05, 0) is 55.5 Å².